The van der Waals surface area contributed by atoms with Gasteiger partial charge >= 0.3 is 0 Å². The minimum Gasteiger partial charge on any atom is -0.497 e. The second-order valence-electron chi connectivity index (χ2n) is 5.59. The lowest BCUT2D eigenvalue weighted by molar-refractivity contribution is 0.0514. The maximum absolute atomic E-state index is 10.1. The van der Waals surface area contributed by atoms with Crippen LogP contribution in [0.15, 0.2) is 12.1 Å². The van der Waals surface area contributed by atoms with E-state index in [2.05, 4.69) is 11.9 Å². The molecule has 1 aliphatic carbocycles. The molecule has 1 N–H and O–H groups in total. The van der Waals surface area contributed by atoms with Gasteiger partial charge in [-0.3, -0.25) is 4.98 Å². The van der Waals surface area contributed by atoms with Gasteiger partial charge in [0.1, 0.15) is 5.75 Å². The van der Waals surface area contributed by atoms with Gasteiger partial charge in [-0.2, -0.15) is 0 Å². The van der Waals surface area contributed by atoms with E-state index >= 15 is 0 Å². The van der Waals surface area contributed by atoms with Crippen molar-refractivity contribution in [2.24, 2.45) is 11.8 Å². The van der Waals surface area contributed by atoms with Crippen LogP contribution in [0.5, 0.6) is 5.75 Å². The number of pyridine rings is 1. The second kappa shape index (κ2) is 5.70. The molecule has 0 radical (unpaired) electrons. The van der Waals surface area contributed by atoms with Crippen LogP contribution < -0.4 is 4.74 Å². The minimum absolute atomic E-state index is 0.172. The quantitative estimate of drug-likeness (QED) is 0.895. The fraction of sp³-hybridized carbons (Fsp3) is 0.667. The second-order valence-corrected chi connectivity index (χ2v) is 5.59. The summed E-state index contributed by atoms with van der Waals surface area (Å²) in [6.45, 7) is 4.25. The first-order valence-electron chi connectivity index (χ1n) is 6.78. The third-order valence-corrected chi connectivity index (χ3v) is 3.89. The molecule has 1 aromatic rings. The summed E-state index contributed by atoms with van der Waals surface area (Å²) in [5.41, 5.74) is 2.01. The molecule has 0 saturated heterocycles. The Balaban J connectivity index is 2.10. The zero-order valence-electron chi connectivity index (χ0n) is 11.5. The Labute approximate surface area is 109 Å². The standard InChI is InChI=1S/C15H23NO2/c1-10-4-5-15(17)12(6-10)8-13-9-14(18-3)7-11(2)16-13/h7,9-10,12,15,17H,4-6,8H2,1-3H3. The minimum atomic E-state index is -0.172. The lowest BCUT2D eigenvalue weighted by atomic mass is 9.78. The fourth-order valence-electron chi connectivity index (χ4n) is 2.90. The Kier molecular flexibility index (Phi) is 4.23. The molecule has 3 atom stereocenters. The monoisotopic (exact) mass is 249 g/mol. The van der Waals surface area contributed by atoms with E-state index in [9.17, 15) is 5.11 Å². The van der Waals surface area contributed by atoms with Gasteiger partial charge in [-0.25, -0.2) is 0 Å². The number of nitrogens with zero attached hydrogens (tertiary/aromatic N) is 1. The number of methoxy groups -OCH3 is 1. The summed E-state index contributed by atoms with van der Waals surface area (Å²) < 4.78 is 5.27. The van der Waals surface area contributed by atoms with Crippen molar-refractivity contribution in [3.8, 4) is 5.75 Å². The van der Waals surface area contributed by atoms with Crippen LogP contribution in [0.25, 0.3) is 0 Å². The number of hydrogen-bond donors (Lipinski definition) is 1. The molecule has 3 unspecified atom stereocenters. The smallest absolute Gasteiger partial charge is 0.122 e. The molecule has 1 aromatic heterocycles. The van der Waals surface area contributed by atoms with Gasteiger partial charge < -0.3 is 9.84 Å². The van der Waals surface area contributed by atoms with Crippen molar-refractivity contribution in [2.45, 2.75) is 45.6 Å². The Morgan fingerprint density at radius 1 is 1.39 bits per heavy atom. The number of aliphatic hydroxyl groups is 1. The molecule has 1 heterocycles. The van der Waals surface area contributed by atoms with Crippen LogP contribution in [0.1, 0.15) is 37.6 Å². The topological polar surface area (TPSA) is 42.4 Å². The number of aliphatic hydroxyl groups excluding tert-OH is 1. The Bertz CT molecular complexity index is 405. The van der Waals surface area contributed by atoms with Crippen molar-refractivity contribution in [2.75, 3.05) is 7.11 Å². The summed E-state index contributed by atoms with van der Waals surface area (Å²) in [5, 5.41) is 10.1. The maximum atomic E-state index is 10.1. The Hall–Kier alpha value is -1.09. The molecule has 0 bridgehead atoms. The number of ether oxygens (including phenoxy) is 1. The first-order chi connectivity index (χ1) is 8.58. The summed E-state index contributed by atoms with van der Waals surface area (Å²) in [6, 6.07) is 3.92. The summed E-state index contributed by atoms with van der Waals surface area (Å²) in [4.78, 5) is 4.54. The van der Waals surface area contributed by atoms with Crippen molar-refractivity contribution in [1.82, 2.24) is 4.98 Å². The number of aromatic nitrogens is 1. The highest BCUT2D eigenvalue weighted by Gasteiger charge is 2.27. The third-order valence-electron chi connectivity index (χ3n) is 3.89. The van der Waals surface area contributed by atoms with Crippen LogP contribution in [0.4, 0.5) is 0 Å². The maximum Gasteiger partial charge on any atom is 0.122 e. The number of hydrogen-bond acceptors (Lipinski definition) is 3. The molecule has 0 aliphatic heterocycles. The van der Waals surface area contributed by atoms with E-state index < -0.39 is 0 Å². The molecule has 100 valence electrons. The highest BCUT2D eigenvalue weighted by atomic mass is 16.5. The van der Waals surface area contributed by atoms with Crippen molar-refractivity contribution < 1.29 is 9.84 Å². The van der Waals surface area contributed by atoms with Gasteiger partial charge in [-0.1, -0.05) is 6.92 Å². The molecular formula is C15H23NO2. The van der Waals surface area contributed by atoms with Gasteiger partial charge in [0.15, 0.2) is 0 Å². The summed E-state index contributed by atoms with van der Waals surface area (Å²) in [6.07, 6.45) is 3.84. The van der Waals surface area contributed by atoms with E-state index in [-0.39, 0.29) is 6.10 Å². The van der Waals surface area contributed by atoms with Crippen molar-refractivity contribution in [1.29, 1.82) is 0 Å². The zero-order valence-corrected chi connectivity index (χ0v) is 11.5. The zero-order chi connectivity index (χ0) is 13.1. The highest BCUT2D eigenvalue weighted by Crippen LogP contribution is 2.31. The van der Waals surface area contributed by atoms with Gasteiger partial charge in [-0.15, -0.1) is 0 Å². The van der Waals surface area contributed by atoms with Crippen LogP contribution in [0.2, 0.25) is 0 Å². The first-order valence-corrected chi connectivity index (χ1v) is 6.78. The third kappa shape index (κ3) is 3.22. The SMILES string of the molecule is COc1cc(C)nc(CC2CC(C)CCC2O)c1. The predicted molar refractivity (Wildman–Crippen MR) is 71.7 cm³/mol. The molecule has 1 fully saturated rings. The van der Waals surface area contributed by atoms with Crippen LogP contribution in [-0.2, 0) is 6.42 Å². The Morgan fingerprint density at radius 2 is 2.17 bits per heavy atom. The van der Waals surface area contributed by atoms with Crippen LogP contribution >= 0.6 is 0 Å². The van der Waals surface area contributed by atoms with E-state index in [4.69, 9.17) is 4.74 Å². The van der Waals surface area contributed by atoms with Crippen LogP contribution in [0, 0.1) is 18.8 Å². The van der Waals surface area contributed by atoms with Crippen molar-refractivity contribution in [3.63, 3.8) is 0 Å². The fourth-order valence-corrected chi connectivity index (χ4v) is 2.90. The normalized spacial score (nSPS) is 28.1. The summed E-state index contributed by atoms with van der Waals surface area (Å²) >= 11 is 0. The van der Waals surface area contributed by atoms with Gasteiger partial charge in [0.05, 0.1) is 13.2 Å². The van der Waals surface area contributed by atoms with E-state index in [0.29, 0.717) is 11.8 Å². The lowest BCUT2D eigenvalue weighted by Crippen LogP contribution is -2.30. The van der Waals surface area contributed by atoms with Gasteiger partial charge in [0, 0.05) is 23.5 Å². The molecule has 18 heavy (non-hydrogen) atoms. The molecule has 3 nitrogen and oxygen atoms in total. The van der Waals surface area contributed by atoms with E-state index in [0.717, 1.165) is 42.8 Å². The number of rotatable bonds is 3. The van der Waals surface area contributed by atoms with Crippen molar-refractivity contribution >= 4 is 0 Å². The molecule has 1 aliphatic rings. The molecule has 3 heteroatoms. The van der Waals surface area contributed by atoms with Crippen LogP contribution in [-0.4, -0.2) is 23.3 Å². The molecule has 0 spiro atoms. The Morgan fingerprint density at radius 3 is 2.89 bits per heavy atom. The van der Waals surface area contributed by atoms with Gasteiger partial charge in [0.2, 0.25) is 0 Å². The first kappa shape index (κ1) is 13.3. The van der Waals surface area contributed by atoms with E-state index in [1.54, 1.807) is 7.11 Å². The van der Waals surface area contributed by atoms with Crippen LogP contribution in [0.3, 0.4) is 0 Å². The molecule has 0 amide bonds. The summed E-state index contributed by atoms with van der Waals surface area (Å²) in [7, 11) is 1.68. The highest BCUT2D eigenvalue weighted by molar-refractivity contribution is 5.27. The summed E-state index contributed by atoms with van der Waals surface area (Å²) in [5.74, 6) is 1.91. The average molecular weight is 249 g/mol. The van der Waals surface area contributed by atoms with Gasteiger partial charge in [-0.05, 0) is 44.4 Å². The predicted octanol–water partition coefficient (Wildman–Crippen LogP) is 2.74. The molecule has 0 aromatic carbocycles. The van der Waals surface area contributed by atoms with E-state index in [1.165, 1.54) is 0 Å². The molecule has 1 saturated carbocycles. The largest absolute Gasteiger partial charge is 0.497 e. The average Bonchev–Trinajstić information content (AvgIpc) is 2.33. The molecule has 2 rings (SSSR count). The van der Waals surface area contributed by atoms with Crippen molar-refractivity contribution in [3.05, 3.63) is 23.5 Å². The van der Waals surface area contributed by atoms with E-state index in [1.807, 2.05) is 19.1 Å². The lowest BCUT2D eigenvalue weighted by Gasteiger charge is -2.31. The molecular weight excluding hydrogens is 226 g/mol. The van der Waals surface area contributed by atoms with Gasteiger partial charge in [0.25, 0.3) is 0 Å². The number of aryl methyl sites for hydroxylation is 1.